The Kier molecular flexibility index (Phi) is 10.6. The standard InChI is InChI=1S/C8H14ClN.C7H12O2/c1-4-5-6-10-8(3)7(2)9;8-7(9)6-4-2-1-3-5-6/h6H,4-5H2,1-3H3;6H,1-5H2,(H,8,9)/b8-7+,10-6?;. The summed E-state index contributed by atoms with van der Waals surface area (Å²) >= 11 is 5.67. The van der Waals surface area contributed by atoms with Crippen LogP contribution in [0.4, 0.5) is 0 Å². The van der Waals surface area contributed by atoms with Gasteiger partial charge in [0.1, 0.15) is 0 Å². The molecular formula is C15H26ClNO2. The molecule has 1 saturated carbocycles. The van der Waals surface area contributed by atoms with Crippen LogP contribution in [0, 0.1) is 5.92 Å². The Bertz CT molecular complexity index is 314. The third-order valence-electron chi connectivity index (χ3n) is 3.16. The molecule has 3 nitrogen and oxygen atoms in total. The highest BCUT2D eigenvalue weighted by Gasteiger charge is 2.19. The second kappa shape index (κ2) is 11.0. The van der Waals surface area contributed by atoms with Gasteiger partial charge in [-0.25, -0.2) is 0 Å². The molecule has 1 rings (SSSR count). The summed E-state index contributed by atoms with van der Waals surface area (Å²) in [5.41, 5.74) is 0.912. The molecule has 0 saturated heterocycles. The lowest BCUT2D eigenvalue weighted by Crippen LogP contribution is -2.16. The summed E-state index contributed by atoms with van der Waals surface area (Å²) in [5.74, 6) is -0.631. The summed E-state index contributed by atoms with van der Waals surface area (Å²) in [5, 5.41) is 9.31. The Morgan fingerprint density at radius 3 is 2.26 bits per heavy atom. The molecule has 0 spiro atoms. The van der Waals surface area contributed by atoms with E-state index in [1.807, 2.05) is 20.1 Å². The molecule has 0 aliphatic heterocycles. The molecule has 19 heavy (non-hydrogen) atoms. The van der Waals surface area contributed by atoms with Crippen LogP contribution >= 0.6 is 11.6 Å². The van der Waals surface area contributed by atoms with Gasteiger partial charge in [0.25, 0.3) is 0 Å². The van der Waals surface area contributed by atoms with Gasteiger partial charge >= 0.3 is 5.97 Å². The molecule has 0 heterocycles. The van der Waals surface area contributed by atoms with Crippen molar-refractivity contribution < 1.29 is 9.90 Å². The number of carbonyl (C=O) groups is 1. The zero-order valence-corrected chi connectivity index (χ0v) is 13.0. The van der Waals surface area contributed by atoms with E-state index in [1.165, 1.54) is 6.42 Å². The second-order valence-corrected chi connectivity index (χ2v) is 5.46. The largest absolute Gasteiger partial charge is 0.481 e. The van der Waals surface area contributed by atoms with E-state index in [2.05, 4.69) is 11.9 Å². The lowest BCUT2D eigenvalue weighted by atomic mass is 9.90. The van der Waals surface area contributed by atoms with Crippen molar-refractivity contribution in [2.45, 2.75) is 65.7 Å². The van der Waals surface area contributed by atoms with E-state index >= 15 is 0 Å². The first-order chi connectivity index (χ1) is 8.99. The number of halogens is 1. The number of nitrogens with zero attached hydrogens (tertiary/aromatic N) is 1. The number of allylic oxidation sites excluding steroid dienone is 2. The first kappa shape index (κ1) is 18.2. The molecule has 4 heteroatoms. The van der Waals surface area contributed by atoms with Gasteiger partial charge in [0.2, 0.25) is 0 Å². The maximum absolute atomic E-state index is 10.4. The number of aliphatic carboxylic acids is 1. The first-order valence-electron chi connectivity index (χ1n) is 7.07. The number of carboxylic acid groups (broad SMARTS) is 1. The molecule has 0 radical (unpaired) electrons. The maximum atomic E-state index is 10.4. The molecule has 1 N–H and O–H groups in total. The molecule has 0 atom stereocenters. The summed E-state index contributed by atoms with van der Waals surface area (Å²) in [6.45, 7) is 5.88. The number of unbranched alkanes of at least 4 members (excludes halogenated alkanes) is 1. The van der Waals surface area contributed by atoms with Crippen molar-refractivity contribution in [3.05, 3.63) is 10.7 Å². The third kappa shape index (κ3) is 9.71. The van der Waals surface area contributed by atoms with Crippen molar-refractivity contribution in [3.63, 3.8) is 0 Å². The second-order valence-electron chi connectivity index (χ2n) is 4.89. The molecule has 0 aromatic carbocycles. The van der Waals surface area contributed by atoms with Crippen LogP contribution < -0.4 is 0 Å². The molecule has 0 unspecified atom stereocenters. The van der Waals surface area contributed by atoms with Gasteiger partial charge in [-0.3, -0.25) is 9.79 Å². The Labute approximate surface area is 121 Å². The molecular weight excluding hydrogens is 262 g/mol. The monoisotopic (exact) mass is 287 g/mol. The lowest BCUT2D eigenvalue weighted by Gasteiger charge is -2.16. The van der Waals surface area contributed by atoms with Gasteiger partial charge in [-0.15, -0.1) is 0 Å². The van der Waals surface area contributed by atoms with E-state index in [9.17, 15) is 4.79 Å². The molecule has 0 amide bonds. The minimum absolute atomic E-state index is 0.0289. The van der Waals surface area contributed by atoms with Crippen LogP contribution in [0.15, 0.2) is 15.7 Å². The quantitative estimate of drug-likeness (QED) is 0.740. The van der Waals surface area contributed by atoms with E-state index in [4.69, 9.17) is 16.7 Å². The van der Waals surface area contributed by atoms with Crippen LogP contribution in [0.2, 0.25) is 0 Å². The van der Waals surface area contributed by atoms with Gasteiger partial charge in [0.15, 0.2) is 0 Å². The predicted octanol–water partition coefficient (Wildman–Crippen LogP) is 5.00. The Balaban J connectivity index is 0.000000342. The van der Waals surface area contributed by atoms with Crippen molar-refractivity contribution in [1.82, 2.24) is 0 Å². The van der Waals surface area contributed by atoms with E-state index in [-0.39, 0.29) is 5.92 Å². The summed E-state index contributed by atoms with van der Waals surface area (Å²) in [6, 6.07) is 0. The number of aliphatic imine (C=N–C) groups is 1. The van der Waals surface area contributed by atoms with Crippen LogP contribution in [-0.4, -0.2) is 17.3 Å². The molecule has 0 aromatic heterocycles. The van der Waals surface area contributed by atoms with Crippen molar-refractivity contribution in [1.29, 1.82) is 0 Å². The van der Waals surface area contributed by atoms with Gasteiger partial charge in [0.05, 0.1) is 11.6 Å². The van der Waals surface area contributed by atoms with Crippen LogP contribution in [0.3, 0.4) is 0 Å². The van der Waals surface area contributed by atoms with Crippen molar-refractivity contribution in [3.8, 4) is 0 Å². The predicted molar refractivity (Wildman–Crippen MR) is 81.8 cm³/mol. The molecule has 1 aliphatic rings. The highest BCUT2D eigenvalue weighted by Crippen LogP contribution is 2.23. The van der Waals surface area contributed by atoms with E-state index in [0.717, 1.165) is 49.3 Å². The smallest absolute Gasteiger partial charge is 0.306 e. The van der Waals surface area contributed by atoms with Gasteiger partial charge in [-0.05, 0) is 33.1 Å². The number of carboxylic acids is 1. The van der Waals surface area contributed by atoms with Crippen LogP contribution in [-0.2, 0) is 4.79 Å². The molecule has 0 bridgehead atoms. The highest BCUT2D eigenvalue weighted by atomic mass is 35.5. The van der Waals surface area contributed by atoms with Crippen LogP contribution in [0.1, 0.15) is 65.7 Å². The van der Waals surface area contributed by atoms with E-state index in [1.54, 1.807) is 0 Å². The fourth-order valence-corrected chi connectivity index (χ4v) is 1.82. The summed E-state index contributed by atoms with van der Waals surface area (Å²) in [6.07, 6.45) is 9.31. The molecule has 1 fully saturated rings. The zero-order chi connectivity index (χ0) is 14.7. The summed E-state index contributed by atoms with van der Waals surface area (Å²) in [7, 11) is 0. The fourth-order valence-electron chi connectivity index (χ4n) is 1.77. The minimum Gasteiger partial charge on any atom is -0.481 e. The average Bonchev–Trinajstić information content (AvgIpc) is 2.40. The third-order valence-corrected chi connectivity index (χ3v) is 3.43. The summed E-state index contributed by atoms with van der Waals surface area (Å²) < 4.78 is 0. The first-order valence-corrected chi connectivity index (χ1v) is 7.45. The topological polar surface area (TPSA) is 49.7 Å². The Hall–Kier alpha value is -0.830. The normalized spacial score (nSPS) is 17.7. The van der Waals surface area contributed by atoms with Crippen LogP contribution in [0.25, 0.3) is 0 Å². The Morgan fingerprint density at radius 2 is 1.89 bits per heavy atom. The zero-order valence-electron chi connectivity index (χ0n) is 12.3. The Morgan fingerprint density at radius 1 is 1.32 bits per heavy atom. The number of hydrogen-bond acceptors (Lipinski definition) is 2. The molecule has 110 valence electrons. The van der Waals surface area contributed by atoms with E-state index < -0.39 is 5.97 Å². The number of rotatable bonds is 4. The lowest BCUT2D eigenvalue weighted by molar-refractivity contribution is -0.142. The minimum atomic E-state index is -0.602. The SMILES string of the molecule is CCCC=N/C(C)=C(\C)Cl.O=C(O)C1CCCCC1. The molecule has 1 aliphatic carbocycles. The van der Waals surface area contributed by atoms with Gasteiger partial charge < -0.3 is 5.11 Å². The van der Waals surface area contributed by atoms with Crippen molar-refractivity contribution >= 4 is 23.8 Å². The van der Waals surface area contributed by atoms with Crippen molar-refractivity contribution in [2.75, 3.05) is 0 Å². The molecule has 0 aromatic rings. The highest BCUT2D eigenvalue weighted by molar-refractivity contribution is 6.29. The van der Waals surface area contributed by atoms with Gasteiger partial charge in [0, 0.05) is 11.2 Å². The fraction of sp³-hybridized carbons (Fsp3) is 0.733. The summed E-state index contributed by atoms with van der Waals surface area (Å²) in [4.78, 5) is 14.5. The van der Waals surface area contributed by atoms with Crippen molar-refractivity contribution in [2.24, 2.45) is 10.9 Å². The number of hydrogen-bond donors (Lipinski definition) is 1. The van der Waals surface area contributed by atoms with Gasteiger partial charge in [-0.2, -0.15) is 0 Å². The van der Waals surface area contributed by atoms with Crippen LogP contribution in [0.5, 0.6) is 0 Å². The average molecular weight is 288 g/mol. The van der Waals surface area contributed by atoms with Gasteiger partial charge in [-0.1, -0.05) is 44.2 Å². The van der Waals surface area contributed by atoms with E-state index in [0.29, 0.717) is 0 Å². The maximum Gasteiger partial charge on any atom is 0.306 e.